The number of H-pyrrole nitrogens is 1. The summed E-state index contributed by atoms with van der Waals surface area (Å²) in [5, 5.41) is 5.38. The zero-order valence-electron chi connectivity index (χ0n) is 14.5. The van der Waals surface area contributed by atoms with E-state index in [1.54, 1.807) is 18.2 Å². The molecule has 5 nitrogen and oxygen atoms in total. The van der Waals surface area contributed by atoms with Crippen LogP contribution in [0.5, 0.6) is 0 Å². The molecule has 1 aromatic rings. The van der Waals surface area contributed by atoms with Crippen molar-refractivity contribution in [2.24, 2.45) is 0 Å². The largest absolute Gasteiger partial charge is 0.450 e. The summed E-state index contributed by atoms with van der Waals surface area (Å²) in [6, 6.07) is 3.23. The molecule has 1 unspecified atom stereocenters. The van der Waals surface area contributed by atoms with E-state index in [4.69, 9.17) is 9.47 Å². The fourth-order valence-corrected chi connectivity index (χ4v) is 2.48. The maximum atomic E-state index is 12.9. The van der Waals surface area contributed by atoms with Crippen LogP contribution >= 0.6 is 0 Å². The second-order valence-corrected chi connectivity index (χ2v) is 5.89. The highest BCUT2D eigenvalue weighted by Gasteiger charge is 2.33. The van der Waals surface area contributed by atoms with Crippen LogP contribution < -0.4 is 0 Å². The lowest BCUT2D eigenvalue weighted by atomic mass is 9.96. The Hall–Kier alpha value is -2.19. The number of hydrogen-bond acceptors (Lipinski definition) is 4. The third-order valence-corrected chi connectivity index (χ3v) is 3.87. The van der Waals surface area contributed by atoms with Gasteiger partial charge in [0.05, 0.1) is 13.2 Å². The van der Waals surface area contributed by atoms with E-state index in [9.17, 15) is 13.2 Å². The van der Waals surface area contributed by atoms with E-state index < -0.39 is 17.8 Å². The standard InChI is InChI=1S/C18H22F3N3O2/c1-3-14(7-4-5-9-17(2)25-11-12-26-17)15-8-6-10-23-24-16(22-13-15)18(19,20)21/h3,5-6,8-10,13-14H,1,4,7,11-12H2,2H3,(H,22,24)/b8-6?,9-5+,15-13?,23-10?. The van der Waals surface area contributed by atoms with Crippen molar-refractivity contribution in [2.75, 3.05) is 13.2 Å². The molecule has 0 aromatic carbocycles. The Balaban J connectivity index is 2.12. The maximum absolute atomic E-state index is 12.9. The second kappa shape index (κ2) is 8.95. The molecule has 142 valence electrons. The first kappa shape index (κ1) is 20.1. The van der Waals surface area contributed by atoms with Crippen LogP contribution in [0.15, 0.2) is 49.3 Å². The number of nitrogens with one attached hydrogen (secondary N) is 1. The number of aromatic amines is 1. The van der Waals surface area contributed by atoms with E-state index >= 15 is 0 Å². The van der Waals surface area contributed by atoms with Gasteiger partial charge < -0.3 is 9.47 Å². The molecule has 2 heterocycles. The average molecular weight is 369 g/mol. The quantitative estimate of drug-likeness (QED) is 0.759. The summed E-state index contributed by atoms with van der Waals surface area (Å²) < 4.78 is 49.5. The zero-order valence-corrected chi connectivity index (χ0v) is 14.5. The summed E-state index contributed by atoms with van der Waals surface area (Å²) in [4.78, 5) is 3.51. The number of alkyl halides is 3. The van der Waals surface area contributed by atoms with Gasteiger partial charge in [-0.15, -0.1) is 6.58 Å². The number of aromatic nitrogens is 3. The predicted octanol–water partition coefficient (Wildman–Crippen LogP) is 4.32. The minimum atomic E-state index is -4.60. The normalized spacial score (nSPS) is 17.8. The molecule has 0 aliphatic carbocycles. The number of ether oxygens (including phenoxy) is 2. The van der Waals surface area contributed by atoms with Crippen molar-refractivity contribution < 1.29 is 22.6 Å². The molecule has 1 aliphatic heterocycles. The smallest absolute Gasteiger partial charge is 0.344 e. The zero-order chi connectivity index (χ0) is 19.0. The van der Waals surface area contributed by atoms with Gasteiger partial charge in [-0.3, -0.25) is 5.10 Å². The van der Waals surface area contributed by atoms with E-state index in [1.807, 2.05) is 24.2 Å². The van der Waals surface area contributed by atoms with Crippen LogP contribution in [0.4, 0.5) is 13.2 Å². The van der Waals surface area contributed by atoms with Crippen LogP contribution in [0.2, 0.25) is 0 Å². The first-order valence-electron chi connectivity index (χ1n) is 8.23. The Kier molecular flexibility index (Phi) is 6.93. The van der Waals surface area contributed by atoms with Gasteiger partial charge in [0, 0.05) is 18.3 Å². The molecule has 1 fully saturated rings. The van der Waals surface area contributed by atoms with Crippen molar-refractivity contribution >= 4 is 0 Å². The van der Waals surface area contributed by atoms with Crippen molar-refractivity contribution in [3.05, 3.63) is 60.7 Å². The Bertz CT molecular complexity index is 678. The Labute approximate surface area is 150 Å². The highest BCUT2D eigenvalue weighted by molar-refractivity contribution is 5.18. The Morgan fingerprint density at radius 2 is 2.12 bits per heavy atom. The topological polar surface area (TPSA) is 60.0 Å². The summed E-state index contributed by atoms with van der Waals surface area (Å²) in [7, 11) is 0. The molecular weight excluding hydrogens is 347 g/mol. The second-order valence-electron chi connectivity index (χ2n) is 5.89. The molecule has 2 rings (SSSR count). The summed E-state index contributed by atoms with van der Waals surface area (Å²) in [5.41, 5.74) is 0.616. The van der Waals surface area contributed by atoms with Gasteiger partial charge in [0.2, 0.25) is 5.82 Å². The predicted molar refractivity (Wildman–Crippen MR) is 90.6 cm³/mol. The number of nitrogens with zero attached hydrogens (tertiary/aromatic N) is 2. The summed E-state index contributed by atoms with van der Waals surface area (Å²) in [5.74, 6) is -2.02. The Morgan fingerprint density at radius 3 is 2.77 bits per heavy atom. The molecule has 0 bridgehead atoms. The number of rotatable bonds is 6. The number of halogens is 3. The van der Waals surface area contributed by atoms with Gasteiger partial charge >= 0.3 is 6.18 Å². The van der Waals surface area contributed by atoms with E-state index in [0.29, 0.717) is 31.6 Å². The third kappa shape index (κ3) is 5.96. The molecule has 8 heteroatoms. The van der Waals surface area contributed by atoms with Gasteiger partial charge in [-0.05, 0) is 37.5 Å². The fraction of sp³-hybridized carbons (Fsp3) is 0.444. The van der Waals surface area contributed by atoms with Crippen LogP contribution in [0.1, 0.15) is 37.1 Å². The SMILES string of the molecule is C=CC(CC/C=C/C1(C)OCCO1)c1cccn[nH]c(C(F)(F)F)nc1. The number of allylic oxidation sites excluding steroid dienone is 2. The van der Waals surface area contributed by atoms with Crippen molar-refractivity contribution in [3.8, 4) is 0 Å². The van der Waals surface area contributed by atoms with Crippen LogP contribution in [0, 0.1) is 0 Å². The molecular formula is C18H22F3N3O2. The summed E-state index contributed by atoms with van der Waals surface area (Å²) in [6.07, 6.45) is 4.67. The lowest BCUT2D eigenvalue weighted by Gasteiger charge is -2.17. The third-order valence-electron chi connectivity index (χ3n) is 3.87. The lowest BCUT2D eigenvalue weighted by molar-refractivity contribution is -0.145. The minimum Gasteiger partial charge on any atom is -0.344 e. The molecule has 1 atom stereocenters. The minimum absolute atomic E-state index is 0.154. The number of hydrogen-bond donors (Lipinski definition) is 1. The van der Waals surface area contributed by atoms with Crippen LogP contribution in [0.3, 0.4) is 0 Å². The molecule has 1 aromatic heterocycles. The van der Waals surface area contributed by atoms with Gasteiger partial charge in [-0.2, -0.15) is 18.3 Å². The fourth-order valence-electron chi connectivity index (χ4n) is 2.48. The Morgan fingerprint density at radius 1 is 1.38 bits per heavy atom. The monoisotopic (exact) mass is 369 g/mol. The highest BCUT2D eigenvalue weighted by Crippen LogP contribution is 2.26. The van der Waals surface area contributed by atoms with Gasteiger partial charge in [0.1, 0.15) is 0 Å². The van der Waals surface area contributed by atoms with Gasteiger partial charge in [0.15, 0.2) is 5.79 Å². The molecule has 26 heavy (non-hydrogen) atoms. The van der Waals surface area contributed by atoms with E-state index in [-0.39, 0.29) is 5.92 Å². The molecule has 0 saturated carbocycles. The average Bonchev–Trinajstić information content (AvgIpc) is 3.05. The van der Waals surface area contributed by atoms with Crippen molar-refractivity contribution in [2.45, 2.75) is 37.6 Å². The molecule has 1 aliphatic rings. The van der Waals surface area contributed by atoms with Gasteiger partial charge in [0.25, 0.3) is 0 Å². The van der Waals surface area contributed by atoms with Crippen molar-refractivity contribution in [3.63, 3.8) is 0 Å². The van der Waals surface area contributed by atoms with E-state index in [2.05, 4.69) is 16.7 Å². The first-order valence-corrected chi connectivity index (χ1v) is 8.23. The van der Waals surface area contributed by atoms with Crippen molar-refractivity contribution in [1.29, 1.82) is 0 Å². The molecule has 1 N–H and O–H groups in total. The van der Waals surface area contributed by atoms with Crippen molar-refractivity contribution in [1.82, 2.24) is 15.2 Å². The summed E-state index contributed by atoms with van der Waals surface area (Å²) in [6.45, 7) is 6.74. The van der Waals surface area contributed by atoms with Crippen LogP contribution in [-0.2, 0) is 15.7 Å². The van der Waals surface area contributed by atoms with Gasteiger partial charge in [-0.25, -0.2) is 4.98 Å². The highest BCUT2D eigenvalue weighted by atomic mass is 19.4. The van der Waals surface area contributed by atoms with E-state index in [0.717, 1.165) is 0 Å². The van der Waals surface area contributed by atoms with Crippen LogP contribution in [-0.4, -0.2) is 34.2 Å². The van der Waals surface area contributed by atoms with Gasteiger partial charge in [-0.1, -0.05) is 18.2 Å². The summed E-state index contributed by atoms with van der Waals surface area (Å²) >= 11 is 0. The molecule has 1 saturated heterocycles. The lowest BCUT2D eigenvalue weighted by Crippen LogP contribution is -2.21. The van der Waals surface area contributed by atoms with E-state index in [1.165, 1.54) is 12.4 Å². The van der Waals surface area contributed by atoms with Crippen LogP contribution in [0.25, 0.3) is 0 Å². The molecule has 0 spiro atoms. The first-order chi connectivity index (χ1) is 12.3. The molecule has 0 amide bonds. The maximum Gasteiger partial charge on any atom is 0.450 e. The molecule has 0 radical (unpaired) electrons.